The fourth-order valence-corrected chi connectivity index (χ4v) is 3.42. The van der Waals surface area contributed by atoms with E-state index in [0.717, 1.165) is 18.2 Å². The van der Waals surface area contributed by atoms with Gasteiger partial charge in [-0.1, -0.05) is 36.4 Å². The van der Waals surface area contributed by atoms with Crippen molar-refractivity contribution >= 4 is 40.5 Å². The molecule has 0 aliphatic carbocycles. The van der Waals surface area contributed by atoms with Gasteiger partial charge in [-0.05, 0) is 48.5 Å². The van der Waals surface area contributed by atoms with Gasteiger partial charge in [0.1, 0.15) is 5.75 Å². The number of nitro benzene ring substituents is 1. The molecular weight excluding hydrogens is 476 g/mol. The predicted molar refractivity (Wildman–Crippen MR) is 138 cm³/mol. The Balaban J connectivity index is 1.65. The van der Waals surface area contributed by atoms with Crippen LogP contribution in [0.25, 0.3) is 0 Å². The quantitative estimate of drug-likeness (QED) is 0.160. The van der Waals surface area contributed by atoms with E-state index in [1.54, 1.807) is 60.7 Å². The van der Waals surface area contributed by atoms with Crippen molar-refractivity contribution in [2.45, 2.75) is 0 Å². The largest absolute Gasteiger partial charge is 0.506 e. The van der Waals surface area contributed by atoms with E-state index in [-0.39, 0.29) is 34.1 Å². The number of benzene rings is 4. The molecule has 0 saturated heterocycles. The van der Waals surface area contributed by atoms with Crippen LogP contribution in [0.15, 0.2) is 97.1 Å². The van der Waals surface area contributed by atoms with Crippen LogP contribution in [0.4, 0.5) is 22.7 Å². The van der Waals surface area contributed by atoms with E-state index in [1.807, 2.05) is 0 Å². The van der Waals surface area contributed by atoms with E-state index in [2.05, 4.69) is 16.0 Å². The molecule has 0 aliphatic rings. The van der Waals surface area contributed by atoms with E-state index in [1.165, 1.54) is 18.2 Å². The SMILES string of the molecule is O=C(Nc1cc(NC(=O)c2ccccc2)cc(C(=O)Nc2cc([N+](=O)[O-])ccc2O)c1)c1ccccc1. The molecule has 4 aromatic rings. The first-order valence-corrected chi connectivity index (χ1v) is 11.0. The van der Waals surface area contributed by atoms with Crippen LogP contribution in [-0.2, 0) is 0 Å². The fourth-order valence-electron chi connectivity index (χ4n) is 3.42. The number of rotatable bonds is 7. The normalized spacial score (nSPS) is 10.3. The molecule has 184 valence electrons. The van der Waals surface area contributed by atoms with Crippen molar-refractivity contribution in [2.75, 3.05) is 16.0 Å². The van der Waals surface area contributed by atoms with Crippen LogP contribution < -0.4 is 16.0 Å². The lowest BCUT2D eigenvalue weighted by Crippen LogP contribution is -2.17. The maximum atomic E-state index is 13.0. The lowest BCUT2D eigenvalue weighted by atomic mass is 10.1. The third kappa shape index (κ3) is 6.14. The molecule has 37 heavy (non-hydrogen) atoms. The summed E-state index contributed by atoms with van der Waals surface area (Å²) in [6, 6.07) is 24.3. The Kier molecular flexibility index (Phi) is 7.20. The second-order valence-electron chi connectivity index (χ2n) is 7.85. The van der Waals surface area contributed by atoms with Crippen LogP contribution in [0.2, 0.25) is 0 Å². The lowest BCUT2D eigenvalue weighted by molar-refractivity contribution is -0.384. The molecule has 0 atom stereocenters. The van der Waals surface area contributed by atoms with Crippen molar-refractivity contribution < 1.29 is 24.4 Å². The van der Waals surface area contributed by atoms with Crippen molar-refractivity contribution in [1.82, 2.24) is 0 Å². The minimum absolute atomic E-state index is 0.0140. The molecule has 0 radical (unpaired) electrons. The van der Waals surface area contributed by atoms with Gasteiger partial charge in [0, 0.05) is 40.2 Å². The number of aromatic hydroxyl groups is 1. The van der Waals surface area contributed by atoms with Crippen LogP contribution in [-0.4, -0.2) is 27.8 Å². The first-order valence-electron chi connectivity index (χ1n) is 11.0. The zero-order chi connectivity index (χ0) is 26.4. The van der Waals surface area contributed by atoms with Crippen LogP contribution in [0.3, 0.4) is 0 Å². The summed E-state index contributed by atoms with van der Waals surface area (Å²) in [5.41, 5.74) is 0.712. The molecule has 0 bridgehead atoms. The number of nitrogens with zero attached hydrogens (tertiary/aromatic N) is 1. The standard InChI is InChI=1S/C27H20N4O6/c32-24-12-11-22(31(36)37)16-23(24)30-27(35)19-13-20(28-25(33)17-7-3-1-4-8-17)15-21(14-19)29-26(34)18-9-5-2-6-10-18/h1-16,32H,(H,28,33)(H,29,34)(H,30,35). The van der Waals surface area contributed by atoms with Crippen molar-refractivity contribution in [3.05, 3.63) is 124 Å². The molecule has 4 N–H and O–H groups in total. The molecule has 10 nitrogen and oxygen atoms in total. The summed E-state index contributed by atoms with van der Waals surface area (Å²) in [6.45, 7) is 0. The van der Waals surface area contributed by atoms with E-state index in [0.29, 0.717) is 11.1 Å². The number of hydrogen-bond acceptors (Lipinski definition) is 6. The average molecular weight is 496 g/mol. The summed E-state index contributed by atoms with van der Waals surface area (Å²) in [4.78, 5) is 48.8. The minimum Gasteiger partial charge on any atom is -0.506 e. The van der Waals surface area contributed by atoms with Crippen LogP contribution in [0.1, 0.15) is 31.1 Å². The summed E-state index contributed by atoms with van der Waals surface area (Å²) in [6.07, 6.45) is 0. The molecule has 0 fully saturated rings. The number of nitro groups is 1. The van der Waals surface area contributed by atoms with E-state index in [9.17, 15) is 29.6 Å². The van der Waals surface area contributed by atoms with Crippen LogP contribution >= 0.6 is 0 Å². The van der Waals surface area contributed by atoms with Crippen molar-refractivity contribution in [2.24, 2.45) is 0 Å². The number of carbonyl (C=O) groups excluding carboxylic acids is 3. The number of phenolic OH excluding ortho intramolecular Hbond substituents is 1. The Hall–Kier alpha value is -5.51. The number of phenols is 1. The molecule has 0 saturated carbocycles. The van der Waals surface area contributed by atoms with Gasteiger partial charge in [0.15, 0.2) is 0 Å². The van der Waals surface area contributed by atoms with E-state index >= 15 is 0 Å². The third-order valence-electron chi connectivity index (χ3n) is 5.22. The van der Waals surface area contributed by atoms with Crippen LogP contribution in [0, 0.1) is 10.1 Å². The number of amides is 3. The summed E-state index contributed by atoms with van der Waals surface area (Å²) < 4.78 is 0. The van der Waals surface area contributed by atoms with Gasteiger partial charge in [0.25, 0.3) is 23.4 Å². The first kappa shape index (κ1) is 24.6. The second kappa shape index (κ2) is 10.8. The van der Waals surface area contributed by atoms with Gasteiger partial charge in [-0.25, -0.2) is 0 Å². The molecule has 0 aromatic heterocycles. The highest BCUT2D eigenvalue weighted by Crippen LogP contribution is 2.29. The van der Waals surface area contributed by atoms with Crippen molar-refractivity contribution in [1.29, 1.82) is 0 Å². The maximum absolute atomic E-state index is 13.0. The van der Waals surface area contributed by atoms with Gasteiger partial charge in [-0.3, -0.25) is 24.5 Å². The first-order chi connectivity index (χ1) is 17.8. The maximum Gasteiger partial charge on any atom is 0.271 e. The highest BCUT2D eigenvalue weighted by atomic mass is 16.6. The Morgan fingerprint density at radius 1 is 0.622 bits per heavy atom. The number of nitrogens with one attached hydrogen (secondary N) is 3. The smallest absolute Gasteiger partial charge is 0.271 e. The average Bonchev–Trinajstić information content (AvgIpc) is 2.90. The Bertz CT molecular complexity index is 1420. The lowest BCUT2D eigenvalue weighted by Gasteiger charge is -2.13. The fraction of sp³-hybridized carbons (Fsp3) is 0. The highest BCUT2D eigenvalue weighted by Gasteiger charge is 2.17. The number of anilines is 3. The second-order valence-corrected chi connectivity index (χ2v) is 7.85. The summed E-state index contributed by atoms with van der Waals surface area (Å²) >= 11 is 0. The zero-order valence-corrected chi connectivity index (χ0v) is 19.2. The minimum atomic E-state index is -0.734. The molecule has 0 heterocycles. The highest BCUT2D eigenvalue weighted by molar-refractivity contribution is 6.10. The molecule has 3 amide bonds. The Morgan fingerprint density at radius 3 is 1.59 bits per heavy atom. The van der Waals surface area contributed by atoms with Gasteiger partial charge in [-0.15, -0.1) is 0 Å². The monoisotopic (exact) mass is 496 g/mol. The molecular formula is C27H20N4O6. The Labute approximate surface area is 210 Å². The van der Waals surface area contributed by atoms with Crippen molar-refractivity contribution in [3.63, 3.8) is 0 Å². The van der Waals surface area contributed by atoms with Gasteiger partial charge in [0.2, 0.25) is 0 Å². The molecule has 0 aliphatic heterocycles. The van der Waals surface area contributed by atoms with E-state index < -0.39 is 22.6 Å². The van der Waals surface area contributed by atoms with Gasteiger partial charge in [0.05, 0.1) is 10.6 Å². The Morgan fingerprint density at radius 2 is 1.11 bits per heavy atom. The van der Waals surface area contributed by atoms with Gasteiger partial charge in [-0.2, -0.15) is 0 Å². The summed E-state index contributed by atoms with van der Waals surface area (Å²) in [5.74, 6) is -1.98. The molecule has 0 unspecified atom stereocenters. The topological polar surface area (TPSA) is 151 Å². The molecule has 0 spiro atoms. The summed E-state index contributed by atoms with van der Waals surface area (Å²) in [7, 11) is 0. The van der Waals surface area contributed by atoms with Crippen molar-refractivity contribution in [3.8, 4) is 5.75 Å². The number of carbonyl (C=O) groups is 3. The molecule has 4 rings (SSSR count). The molecule has 4 aromatic carbocycles. The number of hydrogen-bond donors (Lipinski definition) is 4. The zero-order valence-electron chi connectivity index (χ0n) is 19.2. The van der Waals surface area contributed by atoms with Crippen LogP contribution in [0.5, 0.6) is 5.75 Å². The predicted octanol–water partition coefficient (Wildman–Crippen LogP) is 5.06. The van der Waals surface area contributed by atoms with Gasteiger partial charge >= 0.3 is 0 Å². The third-order valence-corrected chi connectivity index (χ3v) is 5.22. The van der Waals surface area contributed by atoms with E-state index in [4.69, 9.17) is 0 Å². The summed E-state index contributed by atoms with van der Waals surface area (Å²) in [5, 5.41) is 29.0. The van der Waals surface area contributed by atoms with Gasteiger partial charge < -0.3 is 21.1 Å². The molecule has 10 heteroatoms. The number of non-ortho nitro benzene ring substituents is 1.